The molecule has 1 aliphatic rings. The highest BCUT2D eigenvalue weighted by atomic mass is 35.5. The number of ether oxygens (including phenoxy) is 2. The molecule has 2 heterocycles. The predicted molar refractivity (Wildman–Crippen MR) is 76.3 cm³/mol. The lowest BCUT2D eigenvalue weighted by Crippen LogP contribution is -2.42. The van der Waals surface area contributed by atoms with Crippen molar-refractivity contribution in [2.24, 2.45) is 0 Å². The maximum Gasteiger partial charge on any atom is 0.322 e. The van der Waals surface area contributed by atoms with Gasteiger partial charge >= 0.3 is 6.01 Å². The van der Waals surface area contributed by atoms with Crippen molar-refractivity contribution in [1.29, 1.82) is 0 Å². The summed E-state index contributed by atoms with van der Waals surface area (Å²) in [5.41, 5.74) is 0. The van der Waals surface area contributed by atoms with Crippen LogP contribution in [0.15, 0.2) is 0 Å². The van der Waals surface area contributed by atoms with Crippen molar-refractivity contribution in [1.82, 2.24) is 19.9 Å². The number of nitrogens with one attached hydrogen (secondary N) is 1. The van der Waals surface area contributed by atoms with E-state index in [1.54, 1.807) is 0 Å². The zero-order valence-corrected chi connectivity index (χ0v) is 12.6. The van der Waals surface area contributed by atoms with E-state index in [2.05, 4.69) is 32.1 Å². The Labute approximate surface area is 123 Å². The van der Waals surface area contributed by atoms with E-state index in [1.165, 1.54) is 0 Å². The molecule has 8 heteroatoms. The number of hydrogen-bond donors (Lipinski definition) is 1. The topological polar surface area (TPSA) is 72.4 Å². The molecule has 1 atom stereocenters. The number of hydrogen-bond acceptors (Lipinski definition) is 7. The van der Waals surface area contributed by atoms with Crippen molar-refractivity contribution >= 4 is 17.5 Å². The van der Waals surface area contributed by atoms with E-state index in [0.717, 1.165) is 32.8 Å². The number of rotatable bonds is 6. The van der Waals surface area contributed by atoms with Crippen molar-refractivity contribution in [2.75, 3.05) is 44.8 Å². The Balaban J connectivity index is 1.90. The second-order valence-corrected chi connectivity index (χ2v) is 4.94. The van der Waals surface area contributed by atoms with Gasteiger partial charge in [0.25, 0.3) is 0 Å². The molecule has 0 amide bonds. The van der Waals surface area contributed by atoms with Crippen LogP contribution < -0.4 is 10.1 Å². The average molecular weight is 302 g/mol. The van der Waals surface area contributed by atoms with Crippen LogP contribution in [0, 0.1) is 0 Å². The zero-order valence-electron chi connectivity index (χ0n) is 11.8. The second-order valence-electron chi connectivity index (χ2n) is 4.60. The van der Waals surface area contributed by atoms with Crippen LogP contribution >= 0.6 is 11.6 Å². The van der Waals surface area contributed by atoms with Gasteiger partial charge in [0.2, 0.25) is 11.2 Å². The summed E-state index contributed by atoms with van der Waals surface area (Å²) in [6.45, 7) is 8.82. The van der Waals surface area contributed by atoms with E-state index < -0.39 is 0 Å². The Bertz CT molecular complexity index is 428. The standard InChI is InChI=1S/C12H20ClN5O2/c1-3-20-12-16-10(13)15-11(17-12)14-9(2)8-18-4-6-19-7-5-18/h9H,3-8H2,1-2H3,(H,14,15,16,17). The van der Waals surface area contributed by atoms with E-state index in [-0.39, 0.29) is 17.3 Å². The monoisotopic (exact) mass is 301 g/mol. The van der Waals surface area contributed by atoms with Gasteiger partial charge in [-0.25, -0.2) is 0 Å². The Morgan fingerprint density at radius 2 is 2.10 bits per heavy atom. The Hall–Kier alpha value is -1.18. The van der Waals surface area contributed by atoms with Gasteiger partial charge in [0.1, 0.15) is 0 Å². The summed E-state index contributed by atoms with van der Waals surface area (Å²) in [6.07, 6.45) is 0. The van der Waals surface area contributed by atoms with Gasteiger partial charge in [-0.3, -0.25) is 4.90 Å². The Kier molecular flexibility index (Phi) is 5.75. The van der Waals surface area contributed by atoms with Gasteiger partial charge in [0.05, 0.1) is 19.8 Å². The number of anilines is 1. The van der Waals surface area contributed by atoms with Crippen molar-refractivity contribution < 1.29 is 9.47 Å². The van der Waals surface area contributed by atoms with Crippen LogP contribution in [0.4, 0.5) is 5.95 Å². The molecular formula is C12H20ClN5O2. The molecule has 0 bridgehead atoms. The molecule has 0 aromatic carbocycles. The van der Waals surface area contributed by atoms with E-state index in [4.69, 9.17) is 21.1 Å². The molecule has 2 rings (SSSR count). The summed E-state index contributed by atoms with van der Waals surface area (Å²) in [5.74, 6) is 0.439. The van der Waals surface area contributed by atoms with Gasteiger partial charge in [-0.15, -0.1) is 0 Å². The fourth-order valence-corrected chi connectivity index (χ4v) is 2.18. The molecule has 0 saturated carbocycles. The Morgan fingerprint density at radius 1 is 1.35 bits per heavy atom. The van der Waals surface area contributed by atoms with Crippen LogP contribution in [-0.2, 0) is 4.74 Å². The highest BCUT2D eigenvalue weighted by Crippen LogP contribution is 2.12. The minimum absolute atomic E-state index is 0.129. The highest BCUT2D eigenvalue weighted by Gasteiger charge is 2.15. The molecular weight excluding hydrogens is 282 g/mol. The molecule has 20 heavy (non-hydrogen) atoms. The second kappa shape index (κ2) is 7.56. The molecule has 1 aromatic heterocycles. The van der Waals surface area contributed by atoms with Crippen molar-refractivity contribution in [3.8, 4) is 6.01 Å². The summed E-state index contributed by atoms with van der Waals surface area (Å²) >= 11 is 5.85. The lowest BCUT2D eigenvalue weighted by atomic mass is 10.3. The molecule has 1 N–H and O–H groups in total. The lowest BCUT2D eigenvalue weighted by Gasteiger charge is -2.29. The van der Waals surface area contributed by atoms with Crippen LogP contribution in [0.1, 0.15) is 13.8 Å². The van der Waals surface area contributed by atoms with Crippen LogP contribution in [0.3, 0.4) is 0 Å². The molecule has 0 spiro atoms. The molecule has 1 saturated heterocycles. The first kappa shape index (κ1) is 15.2. The summed E-state index contributed by atoms with van der Waals surface area (Å²) in [7, 11) is 0. The fourth-order valence-electron chi connectivity index (χ4n) is 2.03. The van der Waals surface area contributed by atoms with Gasteiger partial charge in [0.15, 0.2) is 0 Å². The largest absolute Gasteiger partial charge is 0.464 e. The fraction of sp³-hybridized carbons (Fsp3) is 0.750. The van der Waals surface area contributed by atoms with Gasteiger partial charge in [-0.05, 0) is 25.4 Å². The van der Waals surface area contributed by atoms with Crippen molar-refractivity contribution in [3.05, 3.63) is 5.28 Å². The third kappa shape index (κ3) is 4.73. The lowest BCUT2D eigenvalue weighted by molar-refractivity contribution is 0.0368. The van der Waals surface area contributed by atoms with Gasteiger partial charge in [-0.1, -0.05) is 0 Å². The first-order chi connectivity index (χ1) is 9.67. The van der Waals surface area contributed by atoms with E-state index >= 15 is 0 Å². The molecule has 1 aliphatic heterocycles. The SMILES string of the molecule is CCOc1nc(Cl)nc(NC(C)CN2CCOCC2)n1. The average Bonchev–Trinajstić information content (AvgIpc) is 2.39. The molecule has 1 fully saturated rings. The number of morpholine rings is 1. The summed E-state index contributed by atoms with van der Waals surface area (Å²) < 4.78 is 10.6. The maximum atomic E-state index is 5.85. The van der Waals surface area contributed by atoms with E-state index in [0.29, 0.717) is 12.6 Å². The molecule has 0 radical (unpaired) electrons. The minimum Gasteiger partial charge on any atom is -0.464 e. The quantitative estimate of drug-likeness (QED) is 0.842. The first-order valence-electron chi connectivity index (χ1n) is 6.78. The van der Waals surface area contributed by atoms with Crippen molar-refractivity contribution in [2.45, 2.75) is 19.9 Å². The third-order valence-electron chi connectivity index (χ3n) is 2.87. The van der Waals surface area contributed by atoms with Gasteiger partial charge in [-0.2, -0.15) is 15.0 Å². The summed E-state index contributed by atoms with van der Waals surface area (Å²) in [4.78, 5) is 14.5. The Morgan fingerprint density at radius 3 is 2.80 bits per heavy atom. The van der Waals surface area contributed by atoms with Crippen LogP contribution in [0.25, 0.3) is 0 Å². The number of aromatic nitrogens is 3. The minimum atomic E-state index is 0.129. The van der Waals surface area contributed by atoms with E-state index in [1.807, 2.05) is 6.92 Å². The first-order valence-corrected chi connectivity index (χ1v) is 7.16. The van der Waals surface area contributed by atoms with Gasteiger partial charge < -0.3 is 14.8 Å². The number of halogens is 1. The van der Waals surface area contributed by atoms with E-state index in [9.17, 15) is 0 Å². The smallest absolute Gasteiger partial charge is 0.322 e. The molecule has 1 aromatic rings. The van der Waals surface area contributed by atoms with Crippen LogP contribution in [-0.4, -0.2) is 65.3 Å². The molecule has 0 aliphatic carbocycles. The molecule has 7 nitrogen and oxygen atoms in total. The molecule has 112 valence electrons. The van der Waals surface area contributed by atoms with Gasteiger partial charge in [0, 0.05) is 25.7 Å². The highest BCUT2D eigenvalue weighted by molar-refractivity contribution is 6.28. The van der Waals surface area contributed by atoms with Crippen molar-refractivity contribution in [3.63, 3.8) is 0 Å². The molecule has 1 unspecified atom stereocenters. The maximum absolute atomic E-state index is 5.85. The number of nitrogens with zero attached hydrogens (tertiary/aromatic N) is 4. The summed E-state index contributed by atoms with van der Waals surface area (Å²) in [5, 5.41) is 3.35. The predicted octanol–water partition coefficient (Wildman–Crippen LogP) is 1.06. The van der Waals surface area contributed by atoms with Crippen LogP contribution in [0.5, 0.6) is 6.01 Å². The zero-order chi connectivity index (χ0) is 14.4. The third-order valence-corrected chi connectivity index (χ3v) is 3.04. The van der Waals surface area contributed by atoms with Crippen LogP contribution in [0.2, 0.25) is 5.28 Å². The normalized spacial score (nSPS) is 17.8. The summed E-state index contributed by atoms with van der Waals surface area (Å²) in [6, 6.07) is 0.439.